The van der Waals surface area contributed by atoms with Crippen LogP contribution in [0.25, 0.3) is 0 Å². The second-order valence-electron chi connectivity index (χ2n) is 6.60. The highest BCUT2D eigenvalue weighted by Gasteiger charge is 2.66. The van der Waals surface area contributed by atoms with Gasteiger partial charge in [-0.25, -0.2) is 9.18 Å². The molecule has 1 aliphatic rings. The SMILES string of the molecule is Cc1ccc([C@@H]2NC(=O)N[C@@](O)(C(F)(F)F)[C@@H]2C(=O)c2ccc(F)cc2)cc1. The van der Waals surface area contributed by atoms with Crippen LogP contribution < -0.4 is 10.6 Å². The van der Waals surface area contributed by atoms with Crippen molar-refractivity contribution in [3.63, 3.8) is 0 Å². The average molecular weight is 396 g/mol. The third-order valence-corrected chi connectivity index (χ3v) is 4.65. The van der Waals surface area contributed by atoms with Crippen LogP contribution in [0, 0.1) is 18.7 Å². The second kappa shape index (κ2) is 6.90. The summed E-state index contributed by atoms with van der Waals surface area (Å²) in [5.74, 6) is -3.91. The normalized spacial score (nSPS) is 25.0. The lowest BCUT2D eigenvalue weighted by atomic mass is 9.77. The van der Waals surface area contributed by atoms with E-state index in [1.807, 2.05) is 0 Å². The molecule has 0 bridgehead atoms. The number of aliphatic hydroxyl groups is 1. The Morgan fingerprint density at radius 2 is 1.64 bits per heavy atom. The van der Waals surface area contributed by atoms with E-state index in [-0.39, 0.29) is 11.1 Å². The fourth-order valence-electron chi connectivity index (χ4n) is 3.18. The van der Waals surface area contributed by atoms with Crippen LogP contribution in [-0.2, 0) is 0 Å². The van der Waals surface area contributed by atoms with E-state index < -0.39 is 41.5 Å². The third kappa shape index (κ3) is 3.45. The van der Waals surface area contributed by atoms with E-state index in [4.69, 9.17) is 0 Å². The van der Waals surface area contributed by atoms with Gasteiger partial charge in [-0.2, -0.15) is 13.2 Å². The van der Waals surface area contributed by atoms with Crippen molar-refractivity contribution in [3.05, 3.63) is 71.0 Å². The lowest BCUT2D eigenvalue weighted by Gasteiger charge is -2.45. The molecule has 1 saturated heterocycles. The van der Waals surface area contributed by atoms with Gasteiger partial charge in [0, 0.05) is 5.56 Å². The highest BCUT2D eigenvalue weighted by Crippen LogP contribution is 2.43. The minimum atomic E-state index is -5.34. The third-order valence-electron chi connectivity index (χ3n) is 4.65. The minimum absolute atomic E-state index is 0.212. The van der Waals surface area contributed by atoms with Crippen LogP contribution in [0.1, 0.15) is 27.5 Å². The number of benzene rings is 2. The smallest absolute Gasteiger partial charge is 0.363 e. The van der Waals surface area contributed by atoms with E-state index >= 15 is 0 Å². The number of halogens is 4. The van der Waals surface area contributed by atoms with E-state index in [0.717, 1.165) is 29.8 Å². The molecule has 28 heavy (non-hydrogen) atoms. The lowest BCUT2D eigenvalue weighted by molar-refractivity contribution is -0.287. The molecule has 5 nitrogen and oxygen atoms in total. The van der Waals surface area contributed by atoms with E-state index in [0.29, 0.717) is 0 Å². The Labute approximate surface area is 157 Å². The molecule has 2 aromatic carbocycles. The zero-order valence-corrected chi connectivity index (χ0v) is 14.5. The lowest BCUT2D eigenvalue weighted by Crippen LogP contribution is -2.72. The number of alkyl halides is 3. The number of hydrogen-bond donors (Lipinski definition) is 3. The van der Waals surface area contributed by atoms with Gasteiger partial charge in [-0.15, -0.1) is 0 Å². The van der Waals surface area contributed by atoms with Crippen molar-refractivity contribution in [2.45, 2.75) is 24.9 Å². The minimum Gasteiger partial charge on any atom is -0.363 e. The van der Waals surface area contributed by atoms with Crippen LogP contribution in [0.5, 0.6) is 0 Å². The van der Waals surface area contributed by atoms with Crippen molar-refractivity contribution in [1.82, 2.24) is 10.6 Å². The van der Waals surface area contributed by atoms with E-state index in [2.05, 4.69) is 5.32 Å². The van der Waals surface area contributed by atoms with Gasteiger partial charge < -0.3 is 15.7 Å². The highest BCUT2D eigenvalue weighted by atomic mass is 19.4. The molecule has 0 aromatic heterocycles. The topological polar surface area (TPSA) is 78.4 Å². The van der Waals surface area contributed by atoms with Crippen molar-refractivity contribution in [1.29, 1.82) is 0 Å². The zero-order valence-electron chi connectivity index (χ0n) is 14.5. The summed E-state index contributed by atoms with van der Waals surface area (Å²) in [6, 6.07) is 7.32. The number of hydrogen-bond acceptors (Lipinski definition) is 3. The van der Waals surface area contributed by atoms with Gasteiger partial charge in [0.15, 0.2) is 5.78 Å². The summed E-state index contributed by atoms with van der Waals surface area (Å²) in [5, 5.41) is 14.1. The van der Waals surface area contributed by atoms with Gasteiger partial charge in [-0.3, -0.25) is 4.79 Å². The Balaban J connectivity index is 2.15. The fraction of sp³-hybridized carbons (Fsp3) is 0.263. The van der Waals surface area contributed by atoms with Gasteiger partial charge >= 0.3 is 12.2 Å². The molecule has 3 rings (SSSR count). The average Bonchev–Trinajstić information content (AvgIpc) is 2.61. The van der Waals surface area contributed by atoms with Crippen molar-refractivity contribution in [2.75, 3.05) is 0 Å². The summed E-state index contributed by atoms with van der Waals surface area (Å²) in [6.07, 6.45) is -5.34. The first-order valence-corrected chi connectivity index (χ1v) is 8.27. The maximum absolute atomic E-state index is 13.7. The van der Waals surface area contributed by atoms with Crippen LogP contribution in [0.15, 0.2) is 48.5 Å². The summed E-state index contributed by atoms with van der Waals surface area (Å²) < 4.78 is 54.4. The summed E-state index contributed by atoms with van der Waals surface area (Å²) in [4.78, 5) is 24.8. The van der Waals surface area contributed by atoms with Gasteiger partial charge in [0.05, 0.1) is 6.04 Å². The molecule has 2 aromatic rings. The van der Waals surface area contributed by atoms with Crippen molar-refractivity contribution in [2.24, 2.45) is 5.92 Å². The number of ketones is 1. The van der Waals surface area contributed by atoms with E-state index in [9.17, 15) is 32.3 Å². The Morgan fingerprint density at radius 3 is 2.18 bits per heavy atom. The number of rotatable bonds is 3. The molecular formula is C19H16F4N2O3. The zero-order chi connectivity index (χ0) is 20.7. The molecule has 0 saturated carbocycles. The molecule has 1 aliphatic heterocycles. The maximum atomic E-state index is 13.7. The maximum Gasteiger partial charge on any atom is 0.437 e. The van der Waals surface area contributed by atoms with Gasteiger partial charge in [-0.1, -0.05) is 29.8 Å². The van der Waals surface area contributed by atoms with Crippen LogP contribution in [0.3, 0.4) is 0 Å². The largest absolute Gasteiger partial charge is 0.437 e. The van der Waals surface area contributed by atoms with Gasteiger partial charge in [0.2, 0.25) is 5.72 Å². The monoisotopic (exact) mass is 396 g/mol. The van der Waals surface area contributed by atoms with E-state index in [1.165, 1.54) is 17.4 Å². The Kier molecular flexibility index (Phi) is 4.88. The van der Waals surface area contributed by atoms with Crippen LogP contribution in [0.4, 0.5) is 22.4 Å². The summed E-state index contributed by atoms with van der Waals surface area (Å²) in [6.45, 7) is 1.76. The Bertz CT molecular complexity index is 897. The first-order valence-electron chi connectivity index (χ1n) is 8.27. The molecule has 1 fully saturated rings. The molecular weight excluding hydrogens is 380 g/mol. The second-order valence-corrected chi connectivity index (χ2v) is 6.60. The van der Waals surface area contributed by atoms with Gasteiger partial charge in [-0.05, 0) is 36.8 Å². The Hall–Kier alpha value is -2.94. The number of amides is 2. The molecule has 9 heteroatoms. The number of urea groups is 1. The predicted octanol–water partition coefficient (Wildman–Crippen LogP) is 3.24. The summed E-state index contributed by atoms with van der Waals surface area (Å²) in [7, 11) is 0. The molecule has 2 amide bonds. The number of carbonyl (C=O) groups is 2. The van der Waals surface area contributed by atoms with Crippen LogP contribution >= 0.6 is 0 Å². The summed E-state index contributed by atoms with van der Waals surface area (Å²) in [5.41, 5.74) is -3.01. The molecule has 0 radical (unpaired) electrons. The van der Waals surface area contributed by atoms with Crippen molar-refractivity contribution >= 4 is 11.8 Å². The number of aryl methyl sites for hydroxylation is 1. The van der Waals surface area contributed by atoms with Crippen molar-refractivity contribution in [3.8, 4) is 0 Å². The standard InChI is InChI=1S/C19H16F4N2O3/c1-10-2-4-11(5-3-10)15-14(16(26)12-6-8-13(20)9-7-12)18(28,19(21,22)23)25-17(27)24-15/h2-9,14-15,28H,1H3,(H2,24,25,27)/t14-,15-,18-/m0/s1. The van der Waals surface area contributed by atoms with Crippen LogP contribution in [0.2, 0.25) is 0 Å². The van der Waals surface area contributed by atoms with Gasteiger partial charge in [0.25, 0.3) is 0 Å². The number of nitrogens with one attached hydrogen (secondary N) is 2. The number of Topliss-reactive ketones (excluding diaryl/α,β-unsaturated/α-hetero) is 1. The number of carbonyl (C=O) groups excluding carboxylic acids is 2. The molecule has 3 N–H and O–H groups in total. The predicted molar refractivity (Wildman–Crippen MR) is 90.8 cm³/mol. The summed E-state index contributed by atoms with van der Waals surface area (Å²) >= 11 is 0. The molecule has 148 valence electrons. The molecule has 0 unspecified atom stereocenters. The first kappa shape index (κ1) is 19.8. The molecule has 0 aliphatic carbocycles. The quantitative estimate of drug-likeness (QED) is 0.551. The van der Waals surface area contributed by atoms with Crippen LogP contribution in [-0.4, -0.2) is 28.8 Å². The molecule has 0 spiro atoms. The molecule has 1 heterocycles. The fourth-order valence-corrected chi connectivity index (χ4v) is 3.18. The first-order chi connectivity index (χ1) is 13.0. The van der Waals surface area contributed by atoms with Crippen molar-refractivity contribution < 1.29 is 32.3 Å². The highest BCUT2D eigenvalue weighted by molar-refractivity contribution is 6.00. The molecule has 3 atom stereocenters. The Morgan fingerprint density at radius 1 is 1.07 bits per heavy atom. The van der Waals surface area contributed by atoms with Gasteiger partial charge in [0.1, 0.15) is 11.7 Å². The van der Waals surface area contributed by atoms with E-state index in [1.54, 1.807) is 19.1 Å².